The molecule has 3 N–H and O–H groups in total. The van der Waals surface area contributed by atoms with E-state index in [1.807, 2.05) is 6.92 Å². The molecule has 1 rings (SSSR count). The first-order valence-electron chi connectivity index (χ1n) is 5.71. The Morgan fingerprint density at radius 1 is 1.62 bits per heavy atom. The van der Waals surface area contributed by atoms with Crippen LogP contribution < -0.4 is 11.1 Å². The smallest absolute Gasteiger partial charge is 0.221 e. The molecule has 1 heterocycles. The third-order valence-corrected chi connectivity index (χ3v) is 3.61. The highest BCUT2D eigenvalue weighted by Crippen LogP contribution is 2.23. The molecule has 0 saturated carbocycles. The van der Waals surface area contributed by atoms with Crippen LogP contribution >= 0.6 is 11.3 Å². The third kappa shape index (κ3) is 3.94. The lowest BCUT2D eigenvalue weighted by molar-refractivity contribution is -0.121. The van der Waals surface area contributed by atoms with Crippen LogP contribution in [0.5, 0.6) is 0 Å². The molecular weight excluding hydrogens is 220 g/mol. The molecular formula is C12H20N2OS. The number of nitrogens with two attached hydrogens (primary N) is 1. The van der Waals surface area contributed by atoms with E-state index in [1.165, 1.54) is 4.88 Å². The number of hydrogen-bond acceptors (Lipinski definition) is 3. The second-order valence-electron chi connectivity index (χ2n) is 4.07. The highest BCUT2D eigenvalue weighted by molar-refractivity contribution is 7.10. The minimum atomic E-state index is -0.242. The summed E-state index contributed by atoms with van der Waals surface area (Å²) in [6.45, 7) is 4.67. The number of nitrogens with one attached hydrogen (secondary N) is 1. The first-order valence-corrected chi connectivity index (χ1v) is 6.59. The highest BCUT2D eigenvalue weighted by atomic mass is 32.1. The van der Waals surface area contributed by atoms with Gasteiger partial charge in [0, 0.05) is 23.4 Å². The summed E-state index contributed by atoms with van der Waals surface area (Å²) in [5, 5.41) is 5.49. The van der Waals surface area contributed by atoms with Gasteiger partial charge in [-0.1, -0.05) is 26.3 Å². The van der Waals surface area contributed by atoms with Crippen molar-refractivity contribution >= 4 is 17.2 Å². The Kier molecular flexibility index (Phi) is 5.49. The van der Waals surface area contributed by atoms with Gasteiger partial charge in [0.15, 0.2) is 0 Å². The SMILES string of the molecule is CCCC(NCC(C)C(N)=O)c1cccs1. The molecule has 1 aromatic heterocycles. The topological polar surface area (TPSA) is 55.1 Å². The molecule has 16 heavy (non-hydrogen) atoms. The van der Waals surface area contributed by atoms with Crippen molar-refractivity contribution in [1.29, 1.82) is 0 Å². The molecule has 2 atom stereocenters. The van der Waals surface area contributed by atoms with E-state index in [-0.39, 0.29) is 11.8 Å². The van der Waals surface area contributed by atoms with Gasteiger partial charge in [-0.3, -0.25) is 4.79 Å². The van der Waals surface area contributed by atoms with E-state index in [0.717, 1.165) is 12.8 Å². The Bertz CT molecular complexity index is 311. The Hall–Kier alpha value is -0.870. The summed E-state index contributed by atoms with van der Waals surface area (Å²) in [7, 11) is 0. The molecule has 0 aromatic carbocycles. The molecule has 0 aliphatic rings. The lowest BCUT2D eigenvalue weighted by atomic mass is 10.1. The number of hydrogen-bond donors (Lipinski definition) is 2. The minimum absolute atomic E-state index is 0.112. The van der Waals surface area contributed by atoms with Crippen molar-refractivity contribution in [2.24, 2.45) is 11.7 Å². The van der Waals surface area contributed by atoms with Crippen molar-refractivity contribution in [3.05, 3.63) is 22.4 Å². The summed E-state index contributed by atoms with van der Waals surface area (Å²) in [4.78, 5) is 12.3. The van der Waals surface area contributed by atoms with E-state index in [2.05, 4.69) is 29.8 Å². The molecule has 1 aromatic rings. The molecule has 0 spiro atoms. The zero-order chi connectivity index (χ0) is 12.0. The monoisotopic (exact) mass is 240 g/mol. The van der Waals surface area contributed by atoms with Crippen molar-refractivity contribution in [3.63, 3.8) is 0 Å². The lowest BCUT2D eigenvalue weighted by Crippen LogP contribution is -2.33. The summed E-state index contributed by atoms with van der Waals surface area (Å²) in [5.74, 6) is -0.353. The fourth-order valence-corrected chi connectivity index (χ4v) is 2.38. The lowest BCUT2D eigenvalue weighted by Gasteiger charge is -2.18. The highest BCUT2D eigenvalue weighted by Gasteiger charge is 2.14. The first kappa shape index (κ1) is 13.2. The van der Waals surface area contributed by atoms with Gasteiger partial charge in [-0.2, -0.15) is 0 Å². The maximum atomic E-state index is 10.9. The predicted octanol–water partition coefficient (Wildman–Crippen LogP) is 2.30. The van der Waals surface area contributed by atoms with Crippen molar-refractivity contribution in [2.75, 3.05) is 6.54 Å². The normalized spacial score (nSPS) is 14.6. The molecule has 3 nitrogen and oxygen atoms in total. The third-order valence-electron chi connectivity index (χ3n) is 2.62. The van der Waals surface area contributed by atoms with Crippen LogP contribution in [0.15, 0.2) is 17.5 Å². The molecule has 0 bridgehead atoms. The zero-order valence-electron chi connectivity index (χ0n) is 9.90. The standard InChI is InChI=1S/C12H20N2OS/c1-3-5-10(11-6-4-7-16-11)14-8-9(2)12(13)15/h4,6-7,9-10,14H,3,5,8H2,1-2H3,(H2,13,15). The Morgan fingerprint density at radius 2 is 2.38 bits per heavy atom. The molecule has 4 heteroatoms. The summed E-state index contributed by atoms with van der Waals surface area (Å²) >= 11 is 1.75. The molecule has 0 fully saturated rings. The molecule has 90 valence electrons. The number of rotatable bonds is 7. The number of carbonyl (C=O) groups is 1. The fourth-order valence-electron chi connectivity index (χ4n) is 1.54. The van der Waals surface area contributed by atoms with Crippen LogP contribution in [0.3, 0.4) is 0 Å². The predicted molar refractivity (Wildman–Crippen MR) is 68.3 cm³/mol. The van der Waals surface area contributed by atoms with Crippen LogP contribution in [0.4, 0.5) is 0 Å². The molecule has 1 amide bonds. The van der Waals surface area contributed by atoms with Crippen LogP contribution in [0.25, 0.3) is 0 Å². The van der Waals surface area contributed by atoms with Gasteiger partial charge in [0.2, 0.25) is 5.91 Å². The van der Waals surface area contributed by atoms with E-state index in [1.54, 1.807) is 11.3 Å². The van der Waals surface area contributed by atoms with Gasteiger partial charge >= 0.3 is 0 Å². The van der Waals surface area contributed by atoms with Crippen molar-refractivity contribution < 1.29 is 4.79 Å². The van der Waals surface area contributed by atoms with Crippen molar-refractivity contribution in [2.45, 2.75) is 32.7 Å². The quantitative estimate of drug-likeness (QED) is 0.768. The molecule has 0 aliphatic heterocycles. The van der Waals surface area contributed by atoms with Gasteiger partial charge in [-0.15, -0.1) is 11.3 Å². The summed E-state index contributed by atoms with van der Waals surface area (Å²) in [5.41, 5.74) is 5.24. The largest absolute Gasteiger partial charge is 0.369 e. The Balaban J connectivity index is 2.49. The summed E-state index contributed by atoms with van der Waals surface area (Å²) < 4.78 is 0. The van der Waals surface area contributed by atoms with E-state index < -0.39 is 0 Å². The molecule has 0 radical (unpaired) electrons. The number of carbonyl (C=O) groups excluding carboxylic acids is 1. The Morgan fingerprint density at radius 3 is 2.88 bits per heavy atom. The maximum Gasteiger partial charge on any atom is 0.221 e. The first-order chi connectivity index (χ1) is 7.65. The zero-order valence-corrected chi connectivity index (χ0v) is 10.7. The van der Waals surface area contributed by atoms with Crippen molar-refractivity contribution in [1.82, 2.24) is 5.32 Å². The minimum Gasteiger partial charge on any atom is -0.369 e. The van der Waals surface area contributed by atoms with Gasteiger partial charge in [0.05, 0.1) is 0 Å². The number of thiophene rings is 1. The van der Waals surface area contributed by atoms with Crippen LogP contribution in [0.2, 0.25) is 0 Å². The number of primary amides is 1. The fraction of sp³-hybridized carbons (Fsp3) is 0.583. The average Bonchev–Trinajstić information content (AvgIpc) is 2.76. The van der Waals surface area contributed by atoms with Gasteiger partial charge in [-0.05, 0) is 17.9 Å². The van der Waals surface area contributed by atoms with Crippen molar-refractivity contribution in [3.8, 4) is 0 Å². The maximum absolute atomic E-state index is 10.9. The summed E-state index contributed by atoms with van der Waals surface area (Å²) in [6, 6.07) is 4.54. The van der Waals surface area contributed by atoms with Crippen LogP contribution in [-0.4, -0.2) is 12.5 Å². The van der Waals surface area contributed by atoms with Gasteiger partial charge in [0.25, 0.3) is 0 Å². The van der Waals surface area contributed by atoms with E-state index in [0.29, 0.717) is 12.6 Å². The van der Waals surface area contributed by atoms with E-state index >= 15 is 0 Å². The van der Waals surface area contributed by atoms with Gasteiger partial charge in [-0.25, -0.2) is 0 Å². The average molecular weight is 240 g/mol. The van der Waals surface area contributed by atoms with Gasteiger partial charge < -0.3 is 11.1 Å². The van der Waals surface area contributed by atoms with E-state index in [9.17, 15) is 4.79 Å². The van der Waals surface area contributed by atoms with Gasteiger partial charge in [0.1, 0.15) is 0 Å². The summed E-state index contributed by atoms with van der Waals surface area (Å²) in [6.07, 6.45) is 2.21. The van der Waals surface area contributed by atoms with Crippen LogP contribution in [-0.2, 0) is 4.79 Å². The Labute approximate surface area is 101 Å². The second kappa shape index (κ2) is 6.66. The van der Waals surface area contributed by atoms with Crippen LogP contribution in [0, 0.1) is 5.92 Å². The molecule has 2 unspecified atom stereocenters. The molecule has 0 saturated heterocycles. The van der Waals surface area contributed by atoms with E-state index in [4.69, 9.17) is 5.73 Å². The van der Waals surface area contributed by atoms with Crippen LogP contribution in [0.1, 0.15) is 37.6 Å². The molecule has 0 aliphatic carbocycles. The second-order valence-corrected chi connectivity index (χ2v) is 5.05. The number of amides is 1.